The summed E-state index contributed by atoms with van der Waals surface area (Å²) in [5, 5.41) is 3.34. The van der Waals surface area contributed by atoms with Gasteiger partial charge >= 0.3 is 0 Å². The second-order valence-electron chi connectivity index (χ2n) is 7.73. The zero-order valence-corrected chi connectivity index (χ0v) is 19.5. The number of nitrogens with zero attached hydrogens (tertiary/aromatic N) is 3. The van der Waals surface area contributed by atoms with Gasteiger partial charge in [-0.2, -0.15) is 0 Å². The first kappa shape index (κ1) is 21.6. The summed E-state index contributed by atoms with van der Waals surface area (Å²) in [6, 6.07) is 15.6. The first-order chi connectivity index (χ1) is 14.9. The average Bonchev–Trinajstić information content (AvgIpc) is 3.16. The van der Waals surface area contributed by atoms with Crippen molar-refractivity contribution >= 4 is 55.0 Å². The molecular formula is C24H24ClN3O2S. The lowest BCUT2D eigenvalue weighted by molar-refractivity contribution is 0.0982. The van der Waals surface area contributed by atoms with E-state index in [-0.39, 0.29) is 5.91 Å². The summed E-state index contributed by atoms with van der Waals surface area (Å²) < 4.78 is 6.55. The number of halogens is 1. The second-order valence-corrected chi connectivity index (χ2v) is 9.17. The highest BCUT2D eigenvalue weighted by molar-refractivity contribution is 7.22. The van der Waals surface area contributed by atoms with Crippen molar-refractivity contribution in [3.8, 4) is 5.75 Å². The normalized spacial score (nSPS) is 11.4. The third-order valence-electron chi connectivity index (χ3n) is 5.18. The number of ether oxygens (including phenoxy) is 1. The van der Waals surface area contributed by atoms with Crippen molar-refractivity contribution in [2.45, 2.75) is 6.92 Å². The maximum Gasteiger partial charge on any atom is 0.263 e. The van der Waals surface area contributed by atoms with E-state index in [1.165, 1.54) is 11.3 Å². The lowest BCUT2D eigenvalue weighted by Gasteiger charge is -2.23. The van der Waals surface area contributed by atoms with Gasteiger partial charge in [-0.1, -0.05) is 47.2 Å². The molecule has 0 aliphatic rings. The van der Waals surface area contributed by atoms with Crippen molar-refractivity contribution in [2.75, 3.05) is 39.2 Å². The predicted molar refractivity (Wildman–Crippen MR) is 130 cm³/mol. The maximum atomic E-state index is 13.8. The van der Waals surface area contributed by atoms with Crippen molar-refractivity contribution in [2.24, 2.45) is 0 Å². The number of rotatable bonds is 6. The van der Waals surface area contributed by atoms with Gasteiger partial charge in [-0.25, -0.2) is 4.98 Å². The molecule has 1 amide bonds. The van der Waals surface area contributed by atoms with Crippen LogP contribution in [0.1, 0.15) is 15.9 Å². The Kier molecular flexibility index (Phi) is 6.14. The molecule has 0 atom stereocenters. The van der Waals surface area contributed by atoms with Crippen molar-refractivity contribution in [1.29, 1.82) is 0 Å². The molecule has 0 saturated carbocycles. The summed E-state index contributed by atoms with van der Waals surface area (Å²) in [6.07, 6.45) is 0. The van der Waals surface area contributed by atoms with Gasteiger partial charge in [0.2, 0.25) is 0 Å². The molecule has 3 aromatic carbocycles. The van der Waals surface area contributed by atoms with E-state index >= 15 is 0 Å². The third-order valence-corrected chi connectivity index (χ3v) is 6.43. The number of methoxy groups -OCH3 is 1. The molecule has 0 unspecified atom stereocenters. The number of hydrogen-bond acceptors (Lipinski definition) is 5. The molecule has 1 aromatic heterocycles. The van der Waals surface area contributed by atoms with Gasteiger partial charge in [-0.3, -0.25) is 9.69 Å². The van der Waals surface area contributed by atoms with E-state index < -0.39 is 0 Å². The minimum atomic E-state index is -0.132. The molecule has 0 spiro atoms. The number of aryl methyl sites for hydroxylation is 1. The molecule has 0 N–H and O–H groups in total. The quantitative estimate of drug-likeness (QED) is 0.379. The third kappa shape index (κ3) is 4.37. The molecule has 1 heterocycles. The highest BCUT2D eigenvalue weighted by Gasteiger charge is 2.25. The molecule has 31 heavy (non-hydrogen) atoms. The van der Waals surface area contributed by atoms with Crippen LogP contribution in [0.25, 0.3) is 21.0 Å². The Balaban J connectivity index is 1.82. The maximum absolute atomic E-state index is 13.8. The number of amides is 1. The summed E-state index contributed by atoms with van der Waals surface area (Å²) >= 11 is 7.72. The molecule has 4 rings (SSSR count). The highest BCUT2D eigenvalue weighted by Crippen LogP contribution is 2.35. The summed E-state index contributed by atoms with van der Waals surface area (Å²) in [7, 11) is 5.57. The van der Waals surface area contributed by atoms with E-state index in [0.29, 0.717) is 34.6 Å². The fourth-order valence-electron chi connectivity index (χ4n) is 3.54. The van der Waals surface area contributed by atoms with Crippen LogP contribution in [-0.2, 0) is 0 Å². The van der Waals surface area contributed by atoms with E-state index in [1.54, 1.807) is 12.0 Å². The fourth-order valence-corrected chi connectivity index (χ4v) is 4.99. The van der Waals surface area contributed by atoms with Crippen LogP contribution in [0.2, 0.25) is 5.02 Å². The topological polar surface area (TPSA) is 45.7 Å². The van der Waals surface area contributed by atoms with Crippen LogP contribution in [0, 0.1) is 6.92 Å². The first-order valence-electron chi connectivity index (χ1n) is 9.97. The SMILES string of the molecule is COc1cc2ccccc2cc1C(=O)N(CCN(C)C)c1nc2c(C)cc(Cl)cc2s1. The molecule has 0 fully saturated rings. The van der Waals surface area contributed by atoms with E-state index in [9.17, 15) is 4.79 Å². The zero-order valence-electron chi connectivity index (χ0n) is 18.0. The largest absolute Gasteiger partial charge is 0.496 e. The standard InChI is InChI=1S/C24H24ClN3O2S/c1-15-11-18(25)14-21-22(15)26-24(31-21)28(10-9-27(2)3)23(29)19-12-16-7-5-6-8-17(16)13-20(19)30-4/h5-8,11-14H,9-10H2,1-4H3. The second kappa shape index (κ2) is 8.83. The Morgan fingerprint density at radius 1 is 1.10 bits per heavy atom. The Morgan fingerprint density at radius 2 is 1.81 bits per heavy atom. The van der Waals surface area contributed by atoms with Crippen LogP contribution in [0.3, 0.4) is 0 Å². The number of aromatic nitrogens is 1. The zero-order chi connectivity index (χ0) is 22.1. The van der Waals surface area contributed by atoms with Gasteiger partial charge in [0.15, 0.2) is 5.13 Å². The highest BCUT2D eigenvalue weighted by atomic mass is 35.5. The van der Waals surface area contributed by atoms with Crippen LogP contribution in [-0.4, -0.2) is 50.1 Å². The summed E-state index contributed by atoms with van der Waals surface area (Å²) in [4.78, 5) is 22.4. The van der Waals surface area contributed by atoms with Gasteiger partial charge in [-0.15, -0.1) is 0 Å². The number of thiazole rings is 1. The fraction of sp³-hybridized carbons (Fsp3) is 0.250. The Hall–Kier alpha value is -2.67. The number of anilines is 1. The van der Waals surface area contributed by atoms with E-state index in [0.717, 1.165) is 26.6 Å². The van der Waals surface area contributed by atoms with Crippen molar-refractivity contribution in [1.82, 2.24) is 9.88 Å². The van der Waals surface area contributed by atoms with E-state index in [2.05, 4.69) is 0 Å². The van der Waals surface area contributed by atoms with Crippen LogP contribution in [0.4, 0.5) is 5.13 Å². The van der Waals surface area contributed by atoms with Gasteiger partial charge < -0.3 is 9.64 Å². The van der Waals surface area contributed by atoms with Crippen LogP contribution in [0.15, 0.2) is 48.5 Å². The molecule has 160 valence electrons. The molecule has 0 aliphatic carbocycles. The Bertz CT molecular complexity index is 1270. The Morgan fingerprint density at radius 3 is 2.48 bits per heavy atom. The predicted octanol–water partition coefficient (Wildman–Crippen LogP) is 5.63. The van der Waals surface area contributed by atoms with Gasteiger partial charge in [0.1, 0.15) is 5.75 Å². The molecule has 0 radical (unpaired) electrons. The van der Waals surface area contributed by atoms with Gasteiger partial charge in [0.05, 0.1) is 22.9 Å². The lowest BCUT2D eigenvalue weighted by atomic mass is 10.0. The molecule has 5 nitrogen and oxygen atoms in total. The number of hydrogen-bond donors (Lipinski definition) is 0. The minimum absolute atomic E-state index is 0.132. The molecule has 7 heteroatoms. The number of carbonyl (C=O) groups excluding carboxylic acids is 1. The summed E-state index contributed by atoms with van der Waals surface area (Å²) in [5.74, 6) is 0.422. The van der Waals surface area contributed by atoms with Gasteiger partial charge in [0, 0.05) is 18.1 Å². The lowest BCUT2D eigenvalue weighted by Crippen LogP contribution is -2.37. The number of fused-ring (bicyclic) bond motifs is 2. The molecule has 0 saturated heterocycles. The van der Waals surface area contributed by atoms with E-state index in [4.69, 9.17) is 21.3 Å². The van der Waals surface area contributed by atoms with Gasteiger partial charge in [0.25, 0.3) is 5.91 Å². The number of benzene rings is 3. The monoisotopic (exact) mass is 453 g/mol. The van der Waals surface area contributed by atoms with Crippen molar-refractivity contribution in [3.05, 3.63) is 64.7 Å². The van der Waals surface area contributed by atoms with Crippen molar-refractivity contribution < 1.29 is 9.53 Å². The summed E-state index contributed by atoms with van der Waals surface area (Å²) in [5.41, 5.74) is 2.39. The van der Waals surface area contributed by atoms with Crippen LogP contribution >= 0.6 is 22.9 Å². The molecular weight excluding hydrogens is 430 g/mol. The van der Waals surface area contributed by atoms with Gasteiger partial charge in [-0.05, 0) is 61.6 Å². The molecule has 0 bridgehead atoms. The number of carbonyl (C=O) groups is 1. The summed E-state index contributed by atoms with van der Waals surface area (Å²) in [6.45, 7) is 3.20. The smallest absolute Gasteiger partial charge is 0.263 e. The van der Waals surface area contributed by atoms with Crippen LogP contribution in [0.5, 0.6) is 5.75 Å². The molecule has 4 aromatic rings. The first-order valence-corrected chi connectivity index (χ1v) is 11.2. The average molecular weight is 454 g/mol. The van der Waals surface area contributed by atoms with E-state index in [1.807, 2.05) is 74.4 Å². The van der Waals surface area contributed by atoms with Crippen LogP contribution < -0.4 is 9.64 Å². The van der Waals surface area contributed by atoms with Crippen molar-refractivity contribution in [3.63, 3.8) is 0 Å². The Labute approximate surface area is 190 Å². The minimum Gasteiger partial charge on any atom is -0.496 e. The number of likely N-dealkylation sites (N-methyl/N-ethyl adjacent to an activating group) is 1. The molecule has 0 aliphatic heterocycles.